The molecule has 23 heavy (non-hydrogen) atoms. The minimum Gasteiger partial charge on any atom is -0.258 e. The summed E-state index contributed by atoms with van der Waals surface area (Å²) in [5, 5.41) is 10.7. The third kappa shape index (κ3) is 2.09. The molecule has 0 aliphatic heterocycles. The number of rotatable bonds is 2. The first-order valence-corrected chi connectivity index (χ1v) is 7.75. The molecule has 0 bridgehead atoms. The van der Waals surface area contributed by atoms with E-state index in [0.717, 1.165) is 27.9 Å². The highest BCUT2D eigenvalue weighted by Crippen LogP contribution is 2.25. The fourth-order valence-electron chi connectivity index (χ4n) is 2.80. The highest BCUT2D eigenvalue weighted by Gasteiger charge is 2.20. The summed E-state index contributed by atoms with van der Waals surface area (Å²) in [6.07, 6.45) is 1.69. The van der Waals surface area contributed by atoms with E-state index < -0.39 is 0 Å². The topological polar surface area (TPSA) is 60.9 Å². The highest BCUT2D eigenvalue weighted by molar-refractivity contribution is 6.31. The summed E-state index contributed by atoms with van der Waals surface area (Å²) < 4.78 is 3.57. The van der Waals surface area contributed by atoms with Gasteiger partial charge in [-0.1, -0.05) is 23.7 Å². The Labute approximate surface area is 137 Å². The summed E-state index contributed by atoms with van der Waals surface area (Å²) in [4.78, 5) is 9.11. The van der Waals surface area contributed by atoms with E-state index in [1.165, 1.54) is 0 Å². The normalized spacial score (nSPS) is 13.0. The van der Waals surface area contributed by atoms with Crippen LogP contribution in [0.2, 0.25) is 5.02 Å². The van der Waals surface area contributed by atoms with Crippen LogP contribution in [0.25, 0.3) is 16.6 Å². The molecule has 7 heteroatoms. The van der Waals surface area contributed by atoms with Crippen molar-refractivity contribution < 1.29 is 0 Å². The number of aromatic nitrogens is 6. The van der Waals surface area contributed by atoms with Gasteiger partial charge in [-0.2, -0.15) is 5.10 Å². The zero-order valence-corrected chi connectivity index (χ0v) is 13.8. The Balaban J connectivity index is 1.88. The van der Waals surface area contributed by atoms with Crippen LogP contribution < -0.4 is 0 Å². The minimum absolute atomic E-state index is 0.111. The quantitative estimate of drug-likeness (QED) is 0.566. The second-order valence-corrected chi connectivity index (χ2v) is 5.98. The van der Waals surface area contributed by atoms with Gasteiger partial charge in [0.1, 0.15) is 12.4 Å². The molecular weight excluding hydrogens is 312 g/mol. The van der Waals surface area contributed by atoms with E-state index in [9.17, 15) is 0 Å². The van der Waals surface area contributed by atoms with E-state index in [4.69, 9.17) is 16.6 Å². The van der Waals surface area contributed by atoms with Crippen molar-refractivity contribution in [1.82, 2.24) is 29.4 Å². The number of para-hydroxylation sites is 1. The van der Waals surface area contributed by atoms with Crippen LogP contribution in [0.4, 0.5) is 0 Å². The third-order valence-electron chi connectivity index (χ3n) is 4.08. The number of fused-ring (bicyclic) bond motifs is 3. The van der Waals surface area contributed by atoms with E-state index >= 15 is 0 Å². The molecular formula is C16H15ClN6. The zero-order chi connectivity index (χ0) is 16.1. The van der Waals surface area contributed by atoms with Crippen molar-refractivity contribution >= 4 is 28.2 Å². The molecule has 0 aliphatic rings. The molecule has 0 amide bonds. The minimum atomic E-state index is -0.111. The molecule has 1 unspecified atom stereocenters. The predicted molar refractivity (Wildman–Crippen MR) is 88.8 cm³/mol. The molecule has 6 nitrogen and oxygen atoms in total. The van der Waals surface area contributed by atoms with Gasteiger partial charge in [0.05, 0.1) is 21.9 Å². The Kier molecular flexibility index (Phi) is 3.09. The van der Waals surface area contributed by atoms with Crippen molar-refractivity contribution in [2.24, 2.45) is 0 Å². The summed E-state index contributed by atoms with van der Waals surface area (Å²) in [6, 6.07) is 7.79. The second kappa shape index (κ2) is 5.03. The number of aryl methyl sites for hydroxylation is 1. The maximum Gasteiger partial charge on any atom is 0.176 e. The number of hydrogen-bond acceptors (Lipinski definition) is 4. The fraction of sp³-hybridized carbons (Fsp3) is 0.250. The molecule has 3 aromatic heterocycles. The number of nitrogens with zero attached hydrogens (tertiary/aromatic N) is 6. The Bertz CT molecular complexity index is 1030. The molecule has 0 saturated carbocycles. The molecule has 116 valence electrons. The van der Waals surface area contributed by atoms with Gasteiger partial charge in [0.2, 0.25) is 0 Å². The van der Waals surface area contributed by atoms with Crippen LogP contribution in [0, 0.1) is 13.8 Å². The smallest absolute Gasteiger partial charge is 0.176 e. The van der Waals surface area contributed by atoms with Crippen molar-refractivity contribution in [3.63, 3.8) is 0 Å². The van der Waals surface area contributed by atoms with Gasteiger partial charge < -0.3 is 0 Å². The van der Waals surface area contributed by atoms with Crippen LogP contribution >= 0.6 is 11.6 Å². The molecule has 0 saturated heterocycles. The fourth-order valence-corrected chi connectivity index (χ4v) is 2.93. The molecule has 0 aliphatic carbocycles. The molecule has 3 heterocycles. The molecule has 4 rings (SSSR count). The molecule has 0 radical (unpaired) electrons. The first-order valence-electron chi connectivity index (χ1n) is 7.37. The lowest BCUT2D eigenvalue weighted by Gasteiger charge is -2.10. The highest BCUT2D eigenvalue weighted by atomic mass is 35.5. The van der Waals surface area contributed by atoms with Crippen molar-refractivity contribution in [3.05, 3.63) is 52.8 Å². The van der Waals surface area contributed by atoms with Crippen LogP contribution in [0.3, 0.4) is 0 Å². The lowest BCUT2D eigenvalue weighted by molar-refractivity contribution is 0.520. The molecule has 4 aromatic rings. The number of halogens is 1. The van der Waals surface area contributed by atoms with Crippen LogP contribution in [-0.4, -0.2) is 29.4 Å². The van der Waals surface area contributed by atoms with Gasteiger partial charge in [-0.15, -0.1) is 5.10 Å². The molecule has 0 fully saturated rings. The standard InChI is InChI=1S/C16H15ClN6/c1-9-14(17)10(2)23(20-9)11(3)15-19-16-12-6-4-5-7-13(12)18-8-22(16)21-15/h4-8,11H,1-3H3. The van der Waals surface area contributed by atoms with Crippen LogP contribution in [0.1, 0.15) is 30.2 Å². The van der Waals surface area contributed by atoms with Crippen LogP contribution in [0.15, 0.2) is 30.6 Å². The molecule has 1 aromatic carbocycles. The van der Waals surface area contributed by atoms with Gasteiger partial charge >= 0.3 is 0 Å². The first kappa shape index (κ1) is 14.1. The Hall–Kier alpha value is -2.47. The number of hydrogen-bond donors (Lipinski definition) is 0. The zero-order valence-electron chi connectivity index (χ0n) is 13.0. The summed E-state index contributed by atoms with van der Waals surface area (Å²) in [6.45, 7) is 5.86. The molecule has 0 N–H and O–H groups in total. The Morgan fingerprint density at radius 3 is 2.65 bits per heavy atom. The van der Waals surface area contributed by atoms with Gasteiger partial charge in [-0.05, 0) is 32.9 Å². The van der Waals surface area contributed by atoms with Crippen molar-refractivity contribution in [2.75, 3.05) is 0 Å². The maximum absolute atomic E-state index is 6.25. The van der Waals surface area contributed by atoms with E-state index in [2.05, 4.69) is 15.2 Å². The SMILES string of the molecule is Cc1nn(C(C)c2nc3c4ccccc4ncn3n2)c(C)c1Cl. The van der Waals surface area contributed by atoms with E-state index in [1.54, 1.807) is 10.8 Å². The van der Waals surface area contributed by atoms with E-state index in [1.807, 2.05) is 49.7 Å². The predicted octanol–water partition coefficient (Wildman–Crippen LogP) is 3.35. The Morgan fingerprint density at radius 2 is 1.91 bits per heavy atom. The lowest BCUT2D eigenvalue weighted by atomic mass is 10.2. The lowest BCUT2D eigenvalue weighted by Crippen LogP contribution is -2.12. The third-order valence-corrected chi connectivity index (χ3v) is 4.62. The summed E-state index contributed by atoms with van der Waals surface area (Å²) in [5.74, 6) is 0.686. The summed E-state index contributed by atoms with van der Waals surface area (Å²) in [7, 11) is 0. The van der Waals surface area contributed by atoms with Crippen molar-refractivity contribution in [1.29, 1.82) is 0 Å². The van der Waals surface area contributed by atoms with Crippen LogP contribution in [0.5, 0.6) is 0 Å². The maximum atomic E-state index is 6.25. The second-order valence-electron chi connectivity index (χ2n) is 5.61. The van der Waals surface area contributed by atoms with Gasteiger partial charge in [-0.3, -0.25) is 4.68 Å². The van der Waals surface area contributed by atoms with Gasteiger partial charge in [0.15, 0.2) is 11.5 Å². The monoisotopic (exact) mass is 326 g/mol. The number of benzene rings is 1. The van der Waals surface area contributed by atoms with Crippen molar-refractivity contribution in [2.45, 2.75) is 26.8 Å². The van der Waals surface area contributed by atoms with Gasteiger partial charge in [0, 0.05) is 5.39 Å². The largest absolute Gasteiger partial charge is 0.258 e. The summed E-state index contributed by atoms with van der Waals surface area (Å²) >= 11 is 6.25. The summed E-state index contributed by atoms with van der Waals surface area (Å²) in [5.41, 5.74) is 3.43. The van der Waals surface area contributed by atoms with Gasteiger partial charge in [-0.25, -0.2) is 14.5 Å². The van der Waals surface area contributed by atoms with Crippen LogP contribution in [-0.2, 0) is 0 Å². The van der Waals surface area contributed by atoms with Gasteiger partial charge in [0.25, 0.3) is 0 Å². The molecule has 0 spiro atoms. The molecule has 1 atom stereocenters. The first-order chi connectivity index (χ1) is 11.1. The van der Waals surface area contributed by atoms with E-state index in [-0.39, 0.29) is 6.04 Å². The van der Waals surface area contributed by atoms with E-state index in [0.29, 0.717) is 10.8 Å². The average molecular weight is 327 g/mol. The Morgan fingerprint density at radius 1 is 1.13 bits per heavy atom. The van der Waals surface area contributed by atoms with Crippen molar-refractivity contribution in [3.8, 4) is 0 Å². The average Bonchev–Trinajstić information content (AvgIpc) is 3.11.